The fraction of sp³-hybridized carbons (Fsp3) is 0.444. The predicted molar refractivity (Wildman–Crippen MR) is 128 cm³/mol. The number of rotatable bonds is 10. The van der Waals surface area contributed by atoms with Crippen LogP contribution >= 0.6 is 0 Å². The predicted octanol–water partition coefficient (Wildman–Crippen LogP) is 4.46. The van der Waals surface area contributed by atoms with Gasteiger partial charge < -0.3 is 20.5 Å². The van der Waals surface area contributed by atoms with Crippen molar-refractivity contribution in [2.75, 3.05) is 13.2 Å². The van der Waals surface area contributed by atoms with Gasteiger partial charge in [0.15, 0.2) is 0 Å². The van der Waals surface area contributed by atoms with Crippen LogP contribution in [0.25, 0.3) is 11.1 Å². The van der Waals surface area contributed by atoms with Gasteiger partial charge in [-0.2, -0.15) is 0 Å². The first-order valence-corrected chi connectivity index (χ1v) is 12.1. The Morgan fingerprint density at radius 2 is 1.62 bits per heavy atom. The van der Waals surface area contributed by atoms with Crippen LogP contribution in [-0.2, 0) is 14.3 Å². The molecule has 0 unspecified atom stereocenters. The molecule has 0 bridgehead atoms. The fourth-order valence-electron chi connectivity index (χ4n) is 5.16. The highest BCUT2D eigenvalue weighted by atomic mass is 16.5. The van der Waals surface area contributed by atoms with E-state index in [0.29, 0.717) is 32.4 Å². The average molecular weight is 465 g/mol. The summed E-state index contributed by atoms with van der Waals surface area (Å²) in [5.74, 6) is -0.555. The lowest BCUT2D eigenvalue weighted by Crippen LogP contribution is -2.34. The van der Waals surface area contributed by atoms with E-state index in [2.05, 4.69) is 34.9 Å². The number of unbranched alkanes of at least 4 members (excludes halogenated alkanes) is 1. The first-order chi connectivity index (χ1) is 16.5. The SMILES string of the molecule is O=C(O)CCCCNC(=O)C[C@H]1CC[C@@H](NC(=O)OCC2c3ccccc3-c3ccccc32)C1. The fourth-order valence-corrected chi connectivity index (χ4v) is 5.16. The summed E-state index contributed by atoms with van der Waals surface area (Å²) in [4.78, 5) is 35.2. The molecule has 2 aliphatic carbocycles. The molecule has 2 aromatic rings. The van der Waals surface area contributed by atoms with Gasteiger partial charge in [-0.15, -0.1) is 0 Å². The summed E-state index contributed by atoms with van der Waals surface area (Å²) >= 11 is 0. The van der Waals surface area contributed by atoms with E-state index in [1.54, 1.807) is 0 Å². The van der Waals surface area contributed by atoms with Crippen LogP contribution in [0, 0.1) is 5.92 Å². The summed E-state index contributed by atoms with van der Waals surface area (Å²) in [6.07, 6.45) is 3.86. The van der Waals surface area contributed by atoms with Gasteiger partial charge >= 0.3 is 12.1 Å². The first kappa shape index (κ1) is 23.8. The van der Waals surface area contributed by atoms with E-state index >= 15 is 0 Å². The van der Waals surface area contributed by atoms with E-state index in [9.17, 15) is 14.4 Å². The van der Waals surface area contributed by atoms with Crippen LogP contribution in [0.1, 0.15) is 62.0 Å². The van der Waals surface area contributed by atoms with Crippen molar-refractivity contribution < 1.29 is 24.2 Å². The molecule has 0 heterocycles. The minimum atomic E-state index is -0.813. The minimum absolute atomic E-state index is 0.0119. The number of carboxylic acid groups (broad SMARTS) is 1. The Bertz CT molecular complexity index is 992. The van der Waals surface area contributed by atoms with Gasteiger partial charge in [-0.25, -0.2) is 4.79 Å². The van der Waals surface area contributed by atoms with Crippen LogP contribution in [0.4, 0.5) is 4.79 Å². The van der Waals surface area contributed by atoms with Crippen molar-refractivity contribution in [3.05, 3.63) is 59.7 Å². The monoisotopic (exact) mass is 464 g/mol. The third-order valence-corrected chi connectivity index (χ3v) is 6.82. The minimum Gasteiger partial charge on any atom is -0.481 e. The molecule has 0 radical (unpaired) electrons. The molecule has 0 aliphatic heterocycles. The molecule has 7 nitrogen and oxygen atoms in total. The van der Waals surface area contributed by atoms with Gasteiger partial charge in [0, 0.05) is 31.3 Å². The topological polar surface area (TPSA) is 105 Å². The standard InChI is InChI=1S/C27H32N2O5/c30-25(28-14-6-5-11-26(31)32)16-18-12-13-19(15-18)29-27(33)34-17-24-22-9-3-1-7-20(22)21-8-2-4-10-23(21)24/h1-4,7-10,18-19,24H,5-6,11-17H2,(H,28,30)(H,29,33)(H,31,32)/t18-,19+/m0/s1. The lowest BCUT2D eigenvalue weighted by molar-refractivity contribution is -0.137. The number of carbonyl (C=O) groups is 3. The molecule has 7 heteroatoms. The number of hydrogen-bond acceptors (Lipinski definition) is 4. The van der Waals surface area contributed by atoms with Crippen LogP contribution < -0.4 is 10.6 Å². The van der Waals surface area contributed by atoms with Crippen molar-refractivity contribution in [2.24, 2.45) is 5.92 Å². The van der Waals surface area contributed by atoms with Crippen molar-refractivity contribution in [2.45, 2.75) is 56.9 Å². The number of fused-ring (bicyclic) bond motifs is 3. The molecule has 2 amide bonds. The molecule has 2 atom stereocenters. The molecule has 1 saturated carbocycles. The molecule has 4 rings (SSSR count). The molecule has 2 aliphatic rings. The summed E-state index contributed by atoms with van der Waals surface area (Å²) in [6.45, 7) is 0.792. The molecule has 0 spiro atoms. The van der Waals surface area contributed by atoms with Gasteiger partial charge in [0.05, 0.1) is 0 Å². The summed E-state index contributed by atoms with van der Waals surface area (Å²) < 4.78 is 5.64. The Morgan fingerprint density at radius 1 is 0.941 bits per heavy atom. The molecular formula is C27H32N2O5. The number of hydrogen-bond donors (Lipinski definition) is 3. The number of aliphatic carboxylic acids is 1. The normalized spacial score (nSPS) is 18.7. The van der Waals surface area contributed by atoms with Crippen molar-refractivity contribution in [1.82, 2.24) is 10.6 Å². The zero-order valence-corrected chi connectivity index (χ0v) is 19.3. The largest absolute Gasteiger partial charge is 0.481 e. The van der Waals surface area contributed by atoms with Crippen LogP contribution in [0.15, 0.2) is 48.5 Å². The van der Waals surface area contributed by atoms with Gasteiger partial charge in [0.25, 0.3) is 0 Å². The molecule has 0 saturated heterocycles. The van der Waals surface area contributed by atoms with E-state index in [1.807, 2.05) is 24.3 Å². The smallest absolute Gasteiger partial charge is 0.407 e. The Balaban J connectivity index is 1.19. The van der Waals surface area contributed by atoms with Crippen molar-refractivity contribution in [1.29, 1.82) is 0 Å². The van der Waals surface area contributed by atoms with Gasteiger partial charge in [-0.05, 0) is 60.3 Å². The van der Waals surface area contributed by atoms with Crippen LogP contribution in [0.5, 0.6) is 0 Å². The second-order valence-corrected chi connectivity index (χ2v) is 9.25. The number of carbonyl (C=O) groups excluding carboxylic acids is 2. The van der Waals surface area contributed by atoms with Gasteiger partial charge in [-0.1, -0.05) is 48.5 Å². The van der Waals surface area contributed by atoms with E-state index in [1.165, 1.54) is 22.3 Å². The molecule has 0 aromatic heterocycles. The van der Waals surface area contributed by atoms with Gasteiger partial charge in [-0.3, -0.25) is 9.59 Å². The van der Waals surface area contributed by atoms with E-state index in [4.69, 9.17) is 9.84 Å². The van der Waals surface area contributed by atoms with E-state index in [0.717, 1.165) is 19.3 Å². The number of carboxylic acids is 1. The first-order valence-electron chi connectivity index (χ1n) is 12.1. The molecule has 1 fully saturated rings. The molecule has 2 aromatic carbocycles. The summed E-state index contributed by atoms with van der Waals surface area (Å²) in [6, 6.07) is 16.5. The zero-order chi connectivity index (χ0) is 23.9. The molecule has 3 N–H and O–H groups in total. The number of amides is 2. The van der Waals surface area contributed by atoms with Crippen molar-refractivity contribution >= 4 is 18.0 Å². The summed E-state index contributed by atoms with van der Waals surface area (Å²) in [7, 11) is 0. The highest BCUT2D eigenvalue weighted by Crippen LogP contribution is 2.44. The Morgan fingerprint density at radius 3 is 2.29 bits per heavy atom. The number of nitrogens with one attached hydrogen (secondary N) is 2. The summed E-state index contributed by atoms with van der Waals surface area (Å²) in [5.41, 5.74) is 4.77. The maximum atomic E-state index is 12.5. The quantitative estimate of drug-likeness (QED) is 0.451. The lowest BCUT2D eigenvalue weighted by atomic mass is 9.98. The number of alkyl carbamates (subject to hydrolysis) is 1. The summed E-state index contributed by atoms with van der Waals surface area (Å²) in [5, 5.41) is 14.5. The van der Waals surface area contributed by atoms with Crippen molar-refractivity contribution in [3.63, 3.8) is 0 Å². The van der Waals surface area contributed by atoms with Crippen LogP contribution in [0.3, 0.4) is 0 Å². The second-order valence-electron chi connectivity index (χ2n) is 9.25. The maximum Gasteiger partial charge on any atom is 0.407 e. The van der Waals surface area contributed by atoms with Crippen LogP contribution in [0.2, 0.25) is 0 Å². The third kappa shape index (κ3) is 5.95. The third-order valence-electron chi connectivity index (χ3n) is 6.82. The molecule has 180 valence electrons. The second kappa shape index (κ2) is 11.2. The highest BCUT2D eigenvalue weighted by Gasteiger charge is 2.31. The van der Waals surface area contributed by atoms with Crippen molar-refractivity contribution in [3.8, 4) is 11.1 Å². The Hall–Kier alpha value is -3.35. The number of benzene rings is 2. The average Bonchev–Trinajstić information content (AvgIpc) is 3.39. The molecule has 34 heavy (non-hydrogen) atoms. The van der Waals surface area contributed by atoms with E-state index < -0.39 is 12.1 Å². The molecular weight excluding hydrogens is 432 g/mol. The maximum absolute atomic E-state index is 12.5. The van der Waals surface area contributed by atoms with Gasteiger partial charge in [0.2, 0.25) is 5.91 Å². The lowest BCUT2D eigenvalue weighted by Gasteiger charge is -2.17. The highest BCUT2D eigenvalue weighted by molar-refractivity contribution is 5.79. The zero-order valence-electron chi connectivity index (χ0n) is 19.3. The van der Waals surface area contributed by atoms with Crippen LogP contribution in [-0.4, -0.2) is 42.3 Å². The van der Waals surface area contributed by atoms with Gasteiger partial charge in [0.1, 0.15) is 6.61 Å². The Kier molecular flexibility index (Phi) is 7.83. The Labute approximate surface area is 199 Å². The number of ether oxygens (including phenoxy) is 1. The van der Waals surface area contributed by atoms with E-state index in [-0.39, 0.29) is 30.2 Å².